The van der Waals surface area contributed by atoms with Crippen LogP contribution in [0.4, 0.5) is 23.0 Å². The second kappa shape index (κ2) is 8.34. The molecule has 3 aromatic rings. The van der Waals surface area contributed by atoms with Gasteiger partial charge in [-0.05, 0) is 55.7 Å². The van der Waals surface area contributed by atoms with Gasteiger partial charge in [0.1, 0.15) is 6.33 Å². The number of nitro groups is 1. The van der Waals surface area contributed by atoms with Crippen LogP contribution >= 0.6 is 0 Å². The molecule has 0 aliphatic rings. The summed E-state index contributed by atoms with van der Waals surface area (Å²) in [5.74, 6) is -0.543. The Balaban J connectivity index is 1.85. The number of rotatable bonds is 6. The first-order chi connectivity index (χ1) is 13.9. The highest BCUT2D eigenvalue weighted by Crippen LogP contribution is 2.31. The van der Waals surface area contributed by atoms with E-state index >= 15 is 0 Å². The Bertz CT molecular complexity index is 1080. The highest BCUT2D eigenvalue weighted by molar-refractivity contribution is 5.96. The molecule has 29 heavy (non-hydrogen) atoms. The first kappa shape index (κ1) is 19.7. The van der Waals surface area contributed by atoms with Gasteiger partial charge in [0.25, 0.3) is 5.91 Å². The number of carbonyl (C=O) groups excluding carboxylic acids is 1. The van der Waals surface area contributed by atoms with E-state index in [2.05, 4.69) is 26.1 Å². The summed E-state index contributed by atoms with van der Waals surface area (Å²) in [6.07, 6.45) is 1.18. The van der Waals surface area contributed by atoms with Crippen LogP contribution in [0.15, 0.2) is 48.8 Å². The molecule has 0 atom stereocenters. The molecule has 0 spiro atoms. The van der Waals surface area contributed by atoms with E-state index in [1.807, 2.05) is 32.0 Å². The molecule has 1 heterocycles. The Morgan fingerprint density at radius 3 is 2.38 bits per heavy atom. The third kappa shape index (κ3) is 4.46. The smallest absolute Gasteiger partial charge is 0.334 e. The second-order valence-corrected chi connectivity index (χ2v) is 6.49. The van der Waals surface area contributed by atoms with Crippen molar-refractivity contribution in [2.24, 2.45) is 0 Å². The van der Waals surface area contributed by atoms with E-state index in [4.69, 9.17) is 0 Å². The number of amides is 1. The van der Waals surface area contributed by atoms with Gasteiger partial charge in [-0.2, -0.15) is 0 Å². The summed E-state index contributed by atoms with van der Waals surface area (Å²) in [5, 5.41) is 14.6. The number of benzene rings is 2. The van der Waals surface area contributed by atoms with Gasteiger partial charge in [0, 0.05) is 11.3 Å². The summed E-state index contributed by atoms with van der Waals surface area (Å²) in [5.41, 5.74) is 8.63. The molecule has 1 aromatic heterocycles. The average molecular weight is 392 g/mol. The van der Waals surface area contributed by atoms with Crippen molar-refractivity contribution in [3.63, 3.8) is 0 Å². The van der Waals surface area contributed by atoms with Gasteiger partial charge in [-0.1, -0.05) is 24.3 Å². The van der Waals surface area contributed by atoms with Crippen LogP contribution in [0.5, 0.6) is 0 Å². The number of carbonyl (C=O) groups is 1. The van der Waals surface area contributed by atoms with E-state index in [0.717, 1.165) is 16.7 Å². The normalized spacial score (nSPS) is 10.3. The molecule has 9 nitrogen and oxygen atoms in total. The predicted octanol–water partition coefficient (Wildman–Crippen LogP) is 3.81. The molecule has 0 saturated carbocycles. The lowest BCUT2D eigenvalue weighted by molar-refractivity contribution is -0.383. The van der Waals surface area contributed by atoms with Crippen LogP contribution in [-0.2, 0) is 0 Å². The van der Waals surface area contributed by atoms with E-state index in [9.17, 15) is 14.9 Å². The molecule has 148 valence electrons. The van der Waals surface area contributed by atoms with Crippen LogP contribution in [-0.4, -0.2) is 20.8 Å². The number of anilines is 3. The molecule has 0 unspecified atom stereocenters. The number of aryl methyl sites for hydroxylation is 3. The summed E-state index contributed by atoms with van der Waals surface area (Å²) < 4.78 is 0. The van der Waals surface area contributed by atoms with Crippen molar-refractivity contribution in [2.45, 2.75) is 20.8 Å². The van der Waals surface area contributed by atoms with Gasteiger partial charge in [-0.15, -0.1) is 0 Å². The van der Waals surface area contributed by atoms with Gasteiger partial charge in [-0.25, -0.2) is 9.97 Å². The van der Waals surface area contributed by atoms with Crippen molar-refractivity contribution < 1.29 is 9.72 Å². The van der Waals surface area contributed by atoms with Crippen LogP contribution < -0.4 is 16.2 Å². The summed E-state index contributed by atoms with van der Waals surface area (Å²) in [4.78, 5) is 31.3. The molecule has 0 bridgehead atoms. The van der Waals surface area contributed by atoms with Gasteiger partial charge < -0.3 is 5.32 Å². The van der Waals surface area contributed by atoms with Gasteiger partial charge in [0.15, 0.2) is 0 Å². The van der Waals surface area contributed by atoms with Crippen LogP contribution in [0.1, 0.15) is 27.0 Å². The molecule has 0 saturated heterocycles. The zero-order valence-corrected chi connectivity index (χ0v) is 16.2. The van der Waals surface area contributed by atoms with E-state index in [1.54, 1.807) is 31.2 Å². The maximum atomic E-state index is 12.4. The zero-order chi connectivity index (χ0) is 21.0. The van der Waals surface area contributed by atoms with E-state index in [0.29, 0.717) is 11.3 Å². The summed E-state index contributed by atoms with van der Waals surface area (Å²) in [6.45, 7) is 5.72. The molecular weight excluding hydrogens is 372 g/mol. The van der Waals surface area contributed by atoms with Crippen LogP contribution in [0.2, 0.25) is 0 Å². The molecule has 0 aliphatic heterocycles. The number of aromatic nitrogens is 2. The first-order valence-electron chi connectivity index (χ1n) is 8.82. The van der Waals surface area contributed by atoms with Crippen LogP contribution in [0.3, 0.4) is 0 Å². The zero-order valence-electron chi connectivity index (χ0n) is 16.2. The van der Waals surface area contributed by atoms with Crippen LogP contribution in [0, 0.1) is 30.9 Å². The molecular formula is C20H20N6O3. The second-order valence-electron chi connectivity index (χ2n) is 6.49. The lowest BCUT2D eigenvalue weighted by atomic mass is 10.1. The molecule has 0 radical (unpaired) electrons. The molecule has 9 heteroatoms. The van der Waals surface area contributed by atoms with Crippen LogP contribution in [0.25, 0.3) is 0 Å². The van der Waals surface area contributed by atoms with E-state index in [1.165, 1.54) is 6.33 Å². The minimum Gasteiger partial charge on any atom is -0.334 e. The molecule has 3 N–H and O–H groups in total. The first-order valence-corrected chi connectivity index (χ1v) is 8.82. The topological polar surface area (TPSA) is 122 Å². The quantitative estimate of drug-likeness (QED) is 0.431. The number of hydrazine groups is 1. The van der Waals surface area contributed by atoms with Gasteiger partial charge in [0.05, 0.1) is 4.92 Å². The van der Waals surface area contributed by atoms with Crippen molar-refractivity contribution >= 4 is 28.9 Å². The van der Waals surface area contributed by atoms with Gasteiger partial charge >= 0.3 is 5.69 Å². The highest BCUT2D eigenvalue weighted by Gasteiger charge is 2.24. The Kier molecular flexibility index (Phi) is 5.68. The average Bonchev–Trinajstić information content (AvgIpc) is 2.69. The standard InChI is InChI=1S/C20H20N6O3/c1-12-8-9-15(10-14(12)3)23-18-17(26(28)29)19(22-11-21-18)24-25-20(27)16-7-5-4-6-13(16)2/h4-11H,1-3H3,(H,25,27)(H2,21,22,23,24). The van der Waals surface area contributed by atoms with Crippen molar-refractivity contribution in [1.29, 1.82) is 0 Å². The third-order valence-corrected chi connectivity index (χ3v) is 4.46. The Morgan fingerprint density at radius 1 is 0.966 bits per heavy atom. The number of hydrogen-bond acceptors (Lipinski definition) is 7. The van der Waals surface area contributed by atoms with Gasteiger partial charge in [0.2, 0.25) is 11.6 Å². The number of nitrogens with one attached hydrogen (secondary N) is 3. The minimum absolute atomic E-state index is 0.0147. The predicted molar refractivity (Wildman–Crippen MR) is 110 cm³/mol. The largest absolute Gasteiger partial charge is 0.355 e. The maximum Gasteiger partial charge on any atom is 0.355 e. The fourth-order valence-electron chi connectivity index (χ4n) is 2.70. The van der Waals surface area contributed by atoms with E-state index < -0.39 is 10.8 Å². The Labute approximate surface area is 167 Å². The Hall–Kier alpha value is -4.01. The van der Waals surface area contributed by atoms with E-state index in [-0.39, 0.29) is 17.3 Å². The fraction of sp³-hybridized carbons (Fsp3) is 0.150. The third-order valence-electron chi connectivity index (χ3n) is 4.46. The highest BCUT2D eigenvalue weighted by atomic mass is 16.6. The summed E-state index contributed by atoms with van der Waals surface area (Å²) in [7, 11) is 0. The maximum absolute atomic E-state index is 12.4. The molecule has 0 aliphatic carbocycles. The lowest BCUT2D eigenvalue weighted by Gasteiger charge is -2.12. The number of nitrogens with zero attached hydrogens (tertiary/aromatic N) is 3. The molecule has 2 aromatic carbocycles. The lowest BCUT2D eigenvalue weighted by Crippen LogP contribution is -2.30. The van der Waals surface area contributed by atoms with Gasteiger partial charge in [-0.3, -0.25) is 25.8 Å². The Morgan fingerprint density at radius 2 is 1.69 bits per heavy atom. The SMILES string of the molecule is Cc1ccc(Nc2ncnc(NNC(=O)c3ccccc3C)c2[N+](=O)[O-])cc1C. The summed E-state index contributed by atoms with van der Waals surface area (Å²) >= 11 is 0. The number of hydrogen-bond donors (Lipinski definition) is 3. The van der Waals surface area contributed by atoms with Crippen molar-refractivity contribution in [3.8, 4) is 0 Å². The van der Waals surface area contributed by atoms with Crippen molar-refractivity contribution in [3.05, 3.63) is 81.2 Å². The van der Waals surface area contributed by atoms with Crippen molar-refractivity contribution in [1.82, 2.24) is 15.4 Å². The molecule has 3 rings (SSSR count). The molecule has 0 fully saturated rings. The monoisotopic (exact) mass is 392 g/mol. The summed E-state index contributed by atoms with van der Waals surface area (Å²) in [6, 6.07) is 12.6. The fourth-order valence-corrected chi connectivity index (χ4v) is 2.70. The minimum atomic E-state index is -0.606. The molecule has 1 amide bonds. The van der Waals surface area contributed by atoms with Crippen molar-refractivity contribution in [2.75, 3.05) is 10.7 Å².